The third kappa shape index (κ3) is 9.41. The first-order valence-corrected chi connectivity index (χ1v) is 16.8. The van der Waals surface area contributed by atoms with Gasteiger partial charge in [-0.15, -0.1) is 0 Å². The van der Waals surface area contributed by atoms with Crippen LogP contribution in [0.5, 0.6) is 5.75 Å². The van der Waals surface area contributed by atoms with Crippen molar-refractivity contribution in [2.24, 2.45) is 11.8 Å². The molecule has 0 aliphatic heterocycles. The first kappa shape index (κ1) is 35.0. The Morgan fingerprint density at radius 1 is 0.872 bits per heavy atom. The summed E-state index contributed by atoms with van der Waals surface area (Å²) in [6.07, 6.45) is -1.31. The maximum absolute atomic E-state index is 15.5. The van der Waals surface area contributed by atoms with Gasteiger partial charge in [0.2, 0.25) is 5.95 Å². The quantitative estimate of drug-likeness (QED) is 0.117. The van der Waals surface area contributed by atoms with Crippen molar-refractivity contribution in [3.05, 3.63) is 76.6 Å². The van der Waals surface area contributed by atoms with E-state index in [4.69, 9.17) is 4.74 Å². The van der Waals surface area contributed by atoms with E-state index in [9.17, 15) is 30.7 Å². The Morgan fingerprint density at radius 3 is 1.96 bits per heavy atom. The van der Waals surface area contributed by atoms with Crippen LogP contribution < -0.4 is 14.5 Å². The summed E-state index contributed by atoms with van der Waals surface area (Å²) < 4.78 is 118. The first-order valence-electron chi connectivity index (χ1n) is 15.5. The zero-order valence-corrected chi connectivity index (χ0v) is 26.8. The molecule has 2 saturated carbocycles. The van der Waals surface area contributed by atoms with Gasteiger partial charge in [0.15, 0.2) is 5.75 Å². The molecule has 2 aliphatic rings. The molecule has 5 nitrogen and oxygen atoms in total. The molecule has 0 amide bonds. The van der Waals surface area contributed by atoms with Crippen LogP contribution in [0.1, 0.15) is 60.9 Å². The fourth-order valence-corrected chi connectivity index (χ4v) is 5.78. The van der Waals surface area contributed by atoms with Crippen LogP contribution in [0, 0.1) is 23.5 Å². The fourth-order valence-electron chi connectivity index (χ4n) is 5.53. The van der Waals surface area contributed by atoms with E-state index in [-0.39, 0.29) is 36.2 Å². The van der Waals surface area contributed by atoms with E-state index < -0.39 is 41.2 Å². The van der Waals surface area contributed by atoms with Crippen LogP contribution in [0.4, 0.5) is 46.8 Å². The van der Waals surface area contributed by atoms with Gasteiger partial charge in [0.1, 0.15) is 11.6 Å². The maximum atomic E-state index is 15.5. The maximum Gasteiger partial charge on any atom is 0.416 e. The van der Waals surface area contributed by atoms with Gasteiger partial charge in [0, 0.05) is 31.5 Å². The molecule has 14 heteroatoms. The smallest absolute Gasteiger partial charge is 0.416 e. The van der Waals surface area contributed by atoms with E-state index in [1.807, 2.05) is 11.2 Å². The fraction of sp³-hybridized carbons (Fsp3) is 0.515. The molecule has 2 aliphatic carbocycles. The van der Waals surface area contributed by atoms with Crippen molar-refractivity contribution in [2.75, 3.05) is 48.0 Å². The standard InChI is InChI=1S/C33H36F8N4OS/c1-20(24-11-25(32(36,37)38)14-26(12-24)33(39,40)41)45(31-42-16-28(17-43-31)46-9-10-47-2)8-7-23-13-27(34)15-29(35)30(23)44(18-21-3-4-21)19-22-5-6-22/h11-17,20-22H,3-10,18-19H2,1-2H3. The van der Waals surface area contributed by atoms with Crippen LogP contribution in [0.15, 0.2) is 42.7 Å². The SMILES string of the molecule is CSCCOc1cnc(N(CCc2cc(F)cc(F)c2N(CC2CC2)CC2CC2)C(C)c2cc(C(F)(F)F)cc(C(F)(F)F)c2)nc1. The molecule has 5 rings (SSSR count). The minimum absolute atomic E-state index is 0.00642. The van der Waals surface area contributed by atoms with Crippen molar-refractivity contribution < 1.29 is 39.9 Å². The summed E-state index contributed by atoms with van der Waals surface area (Å²) in [5.41, 5.74) is -2.55. The van der Waals surface area contributed by atoms with E-state index in [0.717, 1.165) is 31.7 Å². The number of halogens is 8. The molecular weight excluding hydrogens is 652 g/mol. The minimum Gasteiger partial charge on any atom is -0.489 e. The third-order valence-electron chi connectivity index (χ3n) is 8.38. The molecule has 3 aromatic rings. The lowest BCUT2D eigenvalue weighted by molar-refractivity contribution is -0.143. The van der Waals surface area contributed by atoms with Crippen molar-refractivity contribution in [3.63, 3.8) is 0 Å². The lowest BCUT2D eigenvalue weighted by Gasteiger charge is -2.32. The predicted octanol–water partition coefficient (Wildman–Crippen LogP) is 8.97. The second kappa shape index (κ2) is 14.4. The van der Waals surface area contributed by atoms with Gasteiger partial charge < -0.3 is 14.5 Å². The van der Waals surface area contributed by atoms with Gasteiger partial charge in [-0.05, 0) is 92.5 Å². The van der Waals surface area contributed by atoms with Crippen LogP contribution >= 0.6 is 11.8 Å². The third-order valence-corrected chi connectivity index (χ3v) is 8.96. The molecule has 0 radical (unpaired) electrons. The summed E-state index contributed by atoms with van der Waals surface area (Å²) in [5, 5.41) is 0. The molecule has 0 bridgehead atoms. The Bertz CT molecular complexity index is 1460. The molecule has 0 spiro atoms. The van der Waals surface area contributed by atoms with Gasteiger partial charge in [0.05, 0.1) is 41.9 Å². The van der Waals surface area contributed by atoms with Gasteiger partial charge in [-0.25, -0.2) is 18.7 Å². The Hall–Kier alpha value is -3.29. The normalized spacial score (nSPS) is 15.9. The molecule has 1 unspecified atom stereocenters. The topological polar surface area (TPSA) is 41.5 Å². The summed E-state index contributed by atoms with van der Waals surface area (Å²) in [7, 11) is 0. The van der Waals surface area contributed by atoms with E-state index in [2.05, 4.69) is 9.97 Å². The zero-order valence-electron chi connectivity index (χ0n) is 26.0. The number of hydrogen-bond acceptors (Lipinski definition) is 6. The van der Waals surface area contributed by atoms with Crippen molar-refractivity contribution in [3.8, 4) is 5.75 Å². The Balaban J connectivity index is 1.51. The highest BCUT2D eigenvalue weighted by molar-refractivity contribution is 7.98. The molecule has 1 heterocycles. The minimum atomic E-state index is -5.03. The largest absolute Gasteiger partial charge is 0.489 e. The number of aromatic nitrogens is 2. The van der Waals surface area contributed by atoms with Crippen molar-refractivity contribution in [2.45, 2.75) is 57.4 Å². The van der Waals surface area contributed by atoms with E-state index in [1.165, 1.54) is 30.3 Å². The predicted molar refractivity (Wildman–Crippen MR) is 166 cm³/mol. The van der Waals surface area contributed by atoms with Gasteiger partial charge in [-0.2, -0.15) is 38.1 Å². The summed E-state index contributed by atoms with van der Waals surface area (Å²) in [4.78, 5) is 12.1. The van der Waals surface area contributed by atoms with Crippen molar-refractivity contribution in [1.82, 2.24) is 9.97 Å². The summed E-state index contributed by atoms with van der Waals surface area (Å²) >= 11 is 1.57. The summed E-state index contributed by atoms with van der Waals surface area (Å²) in [6.45, 7) is 3.00. The molecule has 1 atom stereocenters. The first-order chi connectivity index (χ1) is 22.2. The molecule has 2 aromatic carbocycles. The number of nitrogens with zero attached hydrogens (tertiary/aromatic N) is 4. The lowest BCUT2D eigenvalue weighted by atomic mass is 9.99. The van der Waals surface area contributed by atoms with Crippen LogP contribution in [-0.4, -0.2) is 48.2 Å². The molecular formula is C33H36F8N4OS. The molecule has 256 valence electrons. The molecule has 47 heavy (non-hydrogen) atoms. The van der Waals surface area contributed by atoms with Crippen LogP contribution in [0.25, 0.3) is 0 Å². The second-order valence-electron chi connectivity index (χ2n) is 12.2. The van der Waals surface area contributed by atoms with E-state index in [1.54, 1.807) is 11.8 Å². The van der Waals surface area contributed by atoms with Crippen LogP contribution in [-0.2, 0) is 18.8 Å². The lowest BCUT2D eigenvalue weighted by Crippen LogP contribution is -2.33. The Labute approximate surface area is 272 Å². The van der Waals surface area contributed by atoms with Gasteiger partial charge in [-0.1, -0.05) is 0 Å². The van der Waals surface area contributed by atoms with Gasteiger partial charge in [0.25, 0.3) is 0 Å². The Morgan fingerprint density at radius 2 is 1.45 bits per heavy atom. The average Bonchev–Trinajstić information content (AvgIpc) is 3.94. The van der Waals surface area contributed by atoms with E-state index >= 15 is 4.39 Å². The van der Waals surface area contributed by atoms with Crippen LogP contribution in [0.2, 0.25) is 0 Å². The number of anilines is 2. The number of ether oxygens (including phenoxy) is 1. The molecule has 1 aromatic heterocycles. The highest BCUT2D eigenvalue weighted by Gasteiger charge is 2.38. The zero-order chi connectivity index (χ0) is 33.9. The number of alkyl halides is 6. The van der Waals surface area contributed by atoms with Crippen LogP contribution in [0.3, 0.4) is 0 Å². The monoisotopic (exact) mass is 688 g/mol. The van der Waals surface area contributed by atoms with Gasteiger partial charge >= 0.3 is 12.4 Å². The average molecular weight is 689 g/mol. The van der Waals surface area contributed by atoms with Gasteiger partial charge in [-0.3, -0.25) is 0 Å². The van der Waals surface area contributed by atoms with Crippen molar-refractivity contribution in [1.29, 1.82) is 0 Å². The van der Waals surface area contributed by atoms with E-state index in [0.29, 0.717) is 60.7 Å². The highest BCUT2D eigenvalue weighted by Crippen LogP contribution is 2.40. The number of hydrogen-bond donors (Lipinski definition) is 0. The summed E-state index contributed by atoms with van der Waals surface area (Å²) in [6, 6.07) is 2.40. The number of thioether (sulfide) groups is 1. The highest BCUT2D eigenvalue weighted by atomic mass is 32.2. The molecule has 0 saturated heterocycles. The Kier molecular flexibility index (Phi) is 10.8. The number of benzene rings is 2. The second-order valence-corrected chi connectivity index (χ2v) is 13.2. The number of rotatable bonds is 15. The summed E-state index contributed by atoms with van der Waals surface area (Å²) in [5.74, 6) is 0.372. The molecule has 0 N–H and O–H groups in total. The van der Waals surface area contributed by atoms with Crippen molar-refractivity contribution >= 4 is 23.4 Å². The molecule has 2 fully saturated rings.